The summed E-state index contributed by atoms with van der Waals surface area (Å²) in [5, 5.41) is 2.78. The van der Waals surface area contributed by atoms with Crippen molar-refractivity contribution < 1.29 is 28.7 Å². The number of ether oxygens (including phenoxy) is 2. The van der Waals surface area contributed by atoms with E-state index in [0.717, 1.165) is 5.56 Å². The Labute approximate surface area is 186 Å². The lowest BCUT2D eigenvalue weighted by Crippen LogP contribution is -2.41. The van der Waals surface area contributed by atoms with Crippen LogP contribution in [0.2, 0.25) is 0 Å². The first-order valence-corrected chi connectivity index (χ1v) is 10.3. The number of hydrogen-bond donors (Lipinski definition) is 1. The molecular formula is C24H26N2O6. The molecule has 1 N–H and O–H groups in total. The van der Waals surface area contributed by atoms with Crippen LogP contribution >= 0.6 is 0 Å². The highest BCUT2D eigenvalue weighted by atomic mass is 16.5. The Kier molecular flexibility index (Phi) is 7.25. The van der Waals surface area contributed by atoms with Crippen LogP contribution in [-0.2, 0) is 14.3 Å². The highest BCUT2D eigenvalue weighted by Gasteiger charge is 2.28. The second-order valence-corrected chi connectivity index (χ2v) is 7.65. The van der Waals surface area contributed by atoms with Crippen molar-refractivity contribution in [1.82, 2.24) is 4.90 Å². The van der Waals surface area contributed by atoms with Gasteiger partial charge in [-0.05, 0) is 49.6 Å². The Morgan fingerprint density at radius 2 is 1.47 bits per heavy atom. The van der Waals surface area contributed by atoms with E-state index in [0.29, 0.717) is 37.2 Å². The van der Waals surface area contributed by atoms with Crippen molar-refractivity contribution in [3.63, 3.8) is 0 Å². The number of hydrogen-bond acceptors (Lipinski definition) is 6. The zero-order valence-electron chi connectivity index (χ0n) is 18.3. The average Bonchev–Trinajstić information content (AvgIpc) is 2.82. The second kappa shape index (κ2) is 10.1. The fourth-order valence-electron chi connectivity index (χ4n) is 3.74. The summed E-state index contributed by atoms with van der Waals surface area (Å²) in [6.45, 7) is 2.85. The van der Waals surface area contributed by atoms with Gasteiger partial charge in [0, 0.05) is 30.3 Å². The van der Waals surface area contributed by atoms with Crippen LogP contribution < -0.4 is 5.32 Å². The quantitative estimate of drug-likeness (QED) is 0.720. The molecular weight excluding hydrogens is 412 g/mol. The van der Waals surface area contributed by atoms with Crippen LogP contribution in [0, 0.1) is 12.8 Å². The molecule has 0 aromatic heterocycles. The lowest BCUT2D eigenvalue weighted by Gasteiger charge is -2.31. The van der Waals surface area contributed by atoms with E-state index in [2.05, 4.69) is 5.32 Å². The number of amides is 2. The maximum Gasteiger partial charge on any atom is 0.337 e. The van der Waals surface area contributed by atoms with Crippen LogP contribution in [0.3, 0.4) is 0 Å². The zero-order chi connectivity index (χ0) is 23.3. The van der Waals surface area contributed by atoms with Crippen LogP contribution in [0.5, 0.6) is 0 Å². The van der Waals surface area contributed by atoms with Crippen LogP contribution in [-0.4, -0.2) is 56.0 Å². The number of nitrogens with one attached hydrogen (secondary N) is 1. The van der Waals surface area contributed by atoms with E-state index in [9.17, 15) is 19.2 Å². The molecule has 0 spiro atoms. The Morgan fingerprint density at radius 3 is 2.00 bits per heavy atom. The van der Waals surface area contributed by atoms with E-state index in [-0.39, 0.29) is 28.9 Å². The van der Waals surface area contributed by atoms with Crippen LogP contribution in [0.15, 0.2) is 42.5 Å². The van der Waals surface area contributed by atoms with Gasteiger partial charge in [-0.1, -0.05) is 18.2 Å². The normalized spacial score (nSPS) is 13.9. The van der Waals surface area contributed by atoms with Crippen molar-refractivity contribution in [3.8, 4) is 0 Å². The minimum Gasteiger partial charge on any atom is -0.465 e. The van der Waals surface area contributed by atoms with Crippen molar-refractivity contribution >= 4 is 29.4 Å². The van der Waals surface area contributed by atoms with Crippen LogP contribution in [0.1, 0.15) is 49.5 Å². The number of likely N-dealkylation sites (tertiary alicyclic amines) is 1. The number of esters is 2. The number of benzene rings is 2. The number of aryl methyl sites for hydroxylation is 1. The monoisotopic (exact) mass is 438 g/mol. The van der Waals surface area contributed by atoms with Gasteiger partial charge in [-0.15, -0.1) is 0 Å². The van der Waals surface area contributed by atoms with E-state index < -0.39 is 11.9 Å². The first kappa shape index (κ1) is 23.0. The van der Waals surface area contributed by atoms with Gasteiger partial charge in [0.25, 0.3) is 5.91 Å². The number of rotatable bonds is 5. The van der Waals surface area contributed by atoms with Gasteiger partial charge in [-0.3, -0.25) is 9.59 Å². The predicted octanol–water partition coefficient (Wildman–Crippen LogP) is 3.06. The summed E-state index contributed by atoms with van der Waals surface area (Å²) in [6.07, 6.45) is 1.04. The molecule has 1 fully saturated rings. The number of anilines is 1. The van der Waals surface area contributed by atoms with Crippen LogP contribution in [0.4, 0.5) is 5.69 Å². The first-order valence-electron chi connectivity index (χ1n) is 10.3. The molecule has 2 amide bonds. The van der Waals surface area contributed by atoms with Crippen molar-refractivity contribution in [2.75, 3.05) is 32.6 Å². The van der Waals surface area contributed by atoms with E-state index in [1.807, 2.05) is 31.2 Å². The first-order chi connectivity index (χ1) is 15.3. The van der Waals surface area contributed by atoms with Gasteiger partial charge in [0.05, 0.1) is 25.3 Å². The number of carbonyl (C=O) groups is 4. The predicted molar refractivity (Wildman–Crippen MR) is 118 cm³/mol. The van der Waals surface area contributed by atoms with E-state index in [4.69, 9.17) is 9.47 Å². The molecule has 0 radical (unpaired) electrons. The van der Waals surface area contributed by atoms with Gasteiger partial charge in [0.2, 0.25) is 5.91 Å². The lowest BCUT2D eigenvalue weighted by atomic mass is 9.94. The molecule has 1 aliphatic rings. The summed E-state index contributed by atoms with van der Waals surface area (Å²) in [6, 6.07) is 11.7. The number of carbonyl (C=O) groups excluding carboxylic acids is 4. The highest BCUT2D eigenvalue weighted by Crippen LogP contribution is 2.23. The van der Waals surface area contributed by atoms with Gasteiger partial charge in [0.1, 0.15) is 0 Å². The molecule has 3 rings (SSSR count). The van der Waals surface area contributed by atoms with E-state index in [1.54, 1.807) is 4.90 Å². The molecule has 0 unspecified atom stereocenters. The molecule has 8 nitrogen and oxygen atoms in total. The summed E-state index contributed by atoms with van der Waals surface area (Å²) in [7, 11) is 2.47. The van der Waals surface area contributed by atoms with Gasteiger partial charge in [0.15, 0.2) is 0 Å². The zero-order valence-corrected chi connectivity index (χ0v) is 18.3. The molecule has 2 aromatic rings. The van der Waals surface area contributed by atoms with Crippen LogP contribution in [0.25, 0.3) is 0 Å². The molecule has 2 aromatic carbocycles. The maximum absolute atomic E-state index is 12.8. The molecule has 1 saturated heterocycles. The summed E-state index contributed by atoms with van der Waals surface area (Å²) in [4.78, 5) is 51.2. The molecule has 32 heavy (non-hydrogen) atoms. The minimum atomic E-state index is -0.630. The Bertz CT molecular complexity index is 1010. The van der Waals surface area contributed by atoms with E-state index in [1.165, 1.54) is 32.4 Å². The molecule has 168 valence electrons. The number of piperidine rings is 1. The van der Waals surface area contributed by atoms with Crippen molar-refractivity contribution in [2.45, 2.75) is 19.8 Å². The molecule has 0 atom stereocenters. The molecule has 0 aliphatic carbocycles. The Balaban J connectivity index is 1.67. The minimum absolute atomic E-state index is 0.0320. The van der Waals surface area contributed by atoms with Crippen molar-refractivity contribution in [3.05, 3.63) is 64.7 Å². The molecule has 0 saturated carbocycles. The summed E-state index contributed by atoms with van der Waals surface area (Å²) < 4.78 is 9.44. The smallest absolute Gasteiger partial charge is 0.337 e. The third-order valence-corrected chi connectivity index (χ3v) is 5.57. The van der Waals surface area contributed by atoms with E-state index >= 15 is 0 Å². The average molecular weight is 438 g/mol. The fourth-order valence-corrected chi connectivity index (χ4v) is 3.74. The Morgan fingerprint density at radius 1 is 0.906 bits per heavy atom. The molecule has 1 heterocycles. The van der Waals surface area contributed by atoms with Gasteiger partial charge in [-0.25, -0.2) is 9.59 Å². The second-order valence-electron chi connectivity index (χ2n) is 7.65. The fraction of sp³-hybridized carbons (Fsp3) is 0.333. The van der Waals surface area contributed by atoms with Crippen molar-refractivity contribution in [2.24, 2.45) is 5.92 Å². The van der Waals surface area contributed by atoms with Gasteiger partial charge in [-0.2, -0.15) is 0 Å². The lowest BCUT2D eigenvalue weighted by molar-refractivity contribution is -0.121. The highest BCUT2D eigenvalue weighted by molar-refractivity contribution is 6.00. The standard InChI is InChI=1S/C24H26N2O6/c1-15-6-4-5-7-20(15)22(28)26-10-8-16(9-11-26)21(27)25-19-13-17(23(29)31-2)12-18(14-19)24(30)32-3/h4-7,12-14,16H,8-11H2,1-3H3,(H,25,27). The van der Waals surface area contributed by atoms with Gasteiger partial charge < -0.3 is 19.7 Å². The summed E-state index contributed by atoms with van der Waals surface area (Å²) >= 11 is 0. The maximum atomic E-state index is 12.8. The largest absolute Gasteiger partial charge is 0.465 e. The molecule has 8 heteroatoms. The van der Waals surface area contributed by atoms with Gasteiger partial charge >= 0.3 is 11.9 Å². The topological polar surface area (TPSA) is 102 Å². The third-order valence-electron chi connectivity index (χ3n) is 5.57. The summed E-state index contributed by atoms with van der Waals surface area (Å²) in [5.74, 6) is -1.82. The molecule has 1 aliphatic heterocycles. The van der Waals surface area contributed by atoms with Crippen molar-refractivity contribution in [1.29, 1.82) is 0 Å². The summed E-state index contributed by atoms with van der Waals surface area (Å²) in [5.41, 5.74) is 2.15. The number of methoxy groups -OCH3 is 2. The molecule has 0 bridgehead atoms. The SMILES string of the molecule is COC(=O)c1cc(NC(=O)C2CCN(C(=O)c3ccccc3C)CC2)cc(C(=O)OC)c1. The third kappa shape index (κ3) is 5.14. The number of nitrogens with zero attached hydrogens (tertiary/aromatic N) is 1. The Hall–Kier alpha value is -3.68.